The number of anilines is 1. The van der Waals surface area contributed by atoms with E-state index in [0.29, 0.717) is 13.1 Å². The Morgan fingerprint density at radius 2 is 2.19 bits per heavy atom. The van der Waals surface area contributed by atoms with Crippen LogP contribution < -0.4 is 15.4 Å². The van der Waals surface area contributed by atoms with Crippen molar-refractivity contribution in [2.24, 2.45) is 0 Å². The summed E-state index contributed by atoms with van der Waals surface area (Å²) in [7, 11) is 1.63. The van der Waals surface area contributed by atoms with Crippen LogP contribution in [0, 0.1) is 0 Å². The van der Waals surface area contributed by atoms with Crippen LogP contribution in [-0.2, 0) is 4.79 Å². The number of amides is 1. The quantitative estimate of drug-likeness (QED) is 0.814. The summed E-state index contributed by atoms with van der Waals surface area (Å²) in [6.45, 7) is 2.79. The van der Waals surface area contributed by atoms with Crippen LogP contribution in [0.25, 0.3) is 0 Å². The summed E-state index contributed by atoms with van der Waals surface area (Å²) in [5.41, 5.74) is 0.963. The number of carbonyl (C=O) groups is 1. The third-order valence-electron chi connectivity index (χ3n) is 1.98. The summed E-state index contributed by atoms with van der Waals surface area (Å²) in [4.78, 5) is 10.6. The van der Waals surface area contributed by atoms with Crippen molar-refractivity contribution in [3.8, 4) is 5.75 Å². The predicted octanol–water partition coefficient (Wildman–Crippen LogP) is 2.01. The van der Waals surface area contributed by atoms with Crippen molar-refractivity contribution in [3.05, 3.63) is 22.7 Å². The summed E-state index contributed by atoms with van der Waals surface area (Å²) in [5, 5.41) is 5.90. The first kappa shape index (κ1) is 12.8. The molecule has 5 heteroatoms. The normalized spacial score (nSPS) is 9.69. The van der Waals surface area contributed by atoms with Crippen LogP contribution >= 0.6 is 15.9 Å². The standard InChI is InChI=1S/C11H15BrN2O2/c1-8(15)13-5-6-14-9-3-4-10(12)11(7-9)16-2/h3-4,7,14H,5-6H2,1-2H3,(H,13,15). The van der Waals surface area contributed by atoms with Crippen LogP contribution in [0.15, 0.2) is 22.7 Å². The fourth-order valence-electron chi connectivity index (χ4n) is 1.22. The molecule has 0 saturated carbocycles. The van der Waals surface area contributed by atoms with E-state index in [1.165, 1.54) is 6.92 Å². The molecule has 0 aliphatic heterocycles. The van der Waals surface area contributed by atoms with Gasteiger partial charge in [-0.1, -0.05) is 0 Å². The second-order valence-electron chi connectivity index (χ2n) is 3.26. The monoisotopic (exact) mass is 286 g/mol. The average molecular weight is 287 g/mol. The number of carbonyl (C=O) groups excluding carboxylic acids is 1. The molecule has 0 heterocycles. The van der Waals surface area contributed by atoms with Crippen molar-refractivity contribution in [2.75, 3.05) is 25.5 Å². The van der Waals surface area contributed by atoms with E-state index in [4.69, 9.17) is 4.74 Å². The highest BCUT2D eigenvalue weighted by Gasteiger charge is 2.00. The molecule has 0 aromatic heterocycles. The van der Waals surface area contributed by atoms with Gasteiger partial charge < -0.3 is 15.4 Å². The molecule has 0 aliphatic rings. The van der Waals surface area contributed by atoms with E-state index in [2.05, 4.69) is 26.6 Å². The molecule has 0 fully saturated rings. The third kappa shape index (κ3) is 4.10. The molecule has 0 saturated heterocycles. The summed E-state index contributed by atoms with van der Waals surface area (Å²) in [6.07, 6.45) is 0. The number of methoxy groups -OCH3 is 1. The highest BCUT2D eigenvalue weighted by molar-refractivity contribution is 9.10. The van der Waals surface area contributed by atoms with Crippen LogP contribution in [0.1, 0.15) is 6.92 Å². The van der Waals surface area contributed by atoms with E-state index in [-0.39, 0.29) is 5.91 Å². The predicted molar refractivity (Wildman–Crippen MR) is 67.9 cm³/mol. The Kier molecular flexibility index (Phi) is 5.11. The minimum Gasteiger partial charge on any atom is -0.495 e. The lowest BCUT2D eigenvalue weighted by atomic mass is 10.3. The molecule has 88 valence electrons. The Morgan fingerprint density at radius 1 is 1.44 bits per heavy atom. The van der Waals surface area contributed by atoms with Crippen molar-refractivity contribution in [3.63, 3.8) is 0 Å². The molecule has 1 rings (SSSR count). The molecule has 0 spiro atoms. The molecule has 1 aromatic rings. The lowest BCUT2D eigenvalue weighted by molar-refractivity contribution is -0.118. The maximum atomic E-state index is 10.6. The number of nitrogens with one attached hydrogen (secondary N) is 2. The molecular weight excluding hydrogens is 272 g/mol. The van der Waals surface area contributed by atoms with Crippen LogP contribution in [0.2, 0.25) is 0 Å². The van der Waals surface area contributed by atoms with Gasteiger partial charge in [0.15, 0.2) is 0 Å². The van der Waals surface area contributed by atoms with Gasteiger partial charge in [0, 0.05) is 31.8 Å². The maximum Gasteiger partial charge on any atom is 0.216 e. The van der Waals surface area contributed by atoms with Crippen molar-refractivity contribution in [1.29, 1.82) is 0 Å². The molecule has 0 atom stereocenters. The van der Waals surface area contributed by atoms with E-state index in [0.717, 1.165) is 15.9 Å². The van der Waals surface area contributed by atoms with E-state index < -0.39 is 0 Å². The number of rotatable bonds is 5. The van der Waals surface area contributed by atoms with Crippen LogP contribution in [0.4, 0.5) is 5.69 Å². The Bertz CT molecular complexity index is 369. The lowest BCUT2D eigenvalue weighted by Crippen LogP contribution is -2.26. The number of ether oxygens (including phenoxy) is 1. The van der Waals surface area contributed by atoms with Crippen LogP contribution in [-0.4, -0.2) is 26.1 Å². The minimum atomic E-state index is -0.0183. The first-order valence-electron chi connectivity index (χ1n) is 4.95. The topological polar surface area (TPSA) is 50.4 Å². The van der Waals surface area contributed by atoms with Gasteiger partial charge in [-0.2, -0.15) is 0 Å². The zero-order valence-electron chi connectivity index (χ0n) is 9.34. The van der Waals surface area contributed by atoms with Gasteiger partial charge in [-0.25, -0.2) is 0 Å². The molecule has 0 unspecified atom stereocenters. The largest absolute Gasteiger partial charge is 0.495 e. The van der Waals surface area contributed by atoms with Gasteiger partial charge >= 0.3 is 0 Å². The molecule has 16 heavy (non-hydrogen) atoms. The lowest BCUT2D eigenvalue weighted by Gasteiger charge is -2.09. The Labute approximate surface area is 103 Å². The Balaban J connectivity index is 2.45. The molecule has 0 radical (unpaired) electrons. The minimum absolute atomic E-state index is 0.0183. The highest BCUT2D eigenvalue weighted by atomic mass is 79.9. The SMILES string of the molecule is COc1cc(NCCNC(C)=O)ccc1Br. The summed E-state index contributed by atoms with van der Waals surface area (Å²) in [5.74, 6) is 0.764. The van der Waals surface area contributed by atoms with Crippen molar-refractivity contribution in [2.45, 2.75) is 6.92 Å². The second kappa shape index (κ2) is 6.37. The summed E-state index contributed by atoms with van der Waals surface area (Å²) in [6, 6.07) is 5.76. The number of hydrogen-bond donors (Lipinski definition) is 2. The van der Waals surface area contributed by atoms with Crippen molar-refractivity contribution in [1.82, 2.24) is 5.32 Å². The molecular formula is C11H15BrN2O2. The van der Waals surface area contributed by atoms with Crippen LogP contribution in [0.3, 0.4) is 0 Å². The smallest absolute Gasteiger partial charge is 0.216 e. The first-order chi connectivity index (χ1) is 7.63. The van der Waals surface area contributed by atoms with Gasteiger partial charge in [0.25, 0.3) is 0 Å². The molecule has 0 bridgehead atoms. The second-order valence-corrected chi connectivity index (χ2v) is 4.11. The zero-order valence-corrected chi connectivity index (χ0v) is 10.9. The van der Waals surface area contributed by atoms with Gasteiger partial charge in [0.1, 0.15) is 5.75 Å². The van der Waals surface area contributed by atoms with E-state index in [9.17, 15) is 4.79 Å². The zero-order chi connectivity index (χ0) is 12.0. The number of hydrogen-bond acceptors (Lipinski definition) is 3. The molecule has 1 aromatic carbocycles. The molecule has 2 N–H and O–H groups in total. The van der Waals surface area contributed by atoms with E-state index in [1.807, 2.05) is 18.2 Å². The maximum absolute atomic E-state index is 10.6. The number of benzene rings is 1. The average Bonchev–Trinajstić information content (AvgIpc) is 2.26. The van der Waals surface area contributed by atoms with Crippen molar-refractivity contribution >= 4 is 27.5 Å². The molecule has 4 nitrogen and oxygen atoms in total. The molecule has 1 amide bonds. The Morgan fingerprint density at radius 3 is 2.81 bits per heavy atom. The summed E-state index contributed by atoms with van der Waals surface area (Å²) < 4.78 is 6.09. The van der Waals surface area contributed by atoms with Crippen LogP contribution in [0.5, 0.6) is 5.75 Å². The fourth-order valence-corrected chi connectivity index (χ4v) is 1.62. The third-order valence-corrected chi connectivity index (χ3v) is 2.63. The van der Waals surface area contributed by atoms with E-state index in [1.54, 1.807) is 7.11 Å². The number of halogens is 1. The van der Waals surface area contributed by atoms with Gasteiger partial charge in [-0.05, 0) is 28.1 Å². The Hall–Kier alpha value is -1.23. The van der Waals surface area contributed by atoms with Gasteiger partial charge in [0.2, 0.25) is 5.91 Å². The van der Waals surface area contributed by atoms with Gasteiger partial charge in [-0.15, -0.1) is 0 Å². The first-order valence-corrected chi connectivity index (χ1v) is 5.74. The van der Waals surface area contributed by atoms with Gasteiger partial charge in [-0.3, -0.25) is 4.79 Å². The highest BCUT2D eigenvalue weighted by Crippen LogP contribution is 2.27. The molecule has 0 aliphatic carbocycles. The fraction of sp³-hybridized carbons (Fsp3) is 0.364. The van der Waals surface area contributed by atoms with Crippen molar-refractivity contribution < 1.29 is 9.53 Å². The summed E-state index contributed by atoms with van der Waals surface area (Å²) >= 11 is 3.38. The van der Waals surface area contributed by atoms with Gasteiger partial charge in [0.05, 0.1) is 11.6 Å². The van der Waals surface area contributed by atoms with E-state index >= 15 is 0 Å².